The predicted octanol–water partition coefficient (Wildman–Crippen LogP) is 2.71. The van der Waals surface area contributed by atoms with Gasteiger partial charge in [0, 0.05) is 5.54 Å². The Morgan fingerprint density at radius 3 is 2.19 bits per heavy atom. The number of nitrogens with one attached hydrogen (secondary N) is 1. The Kier molecular flexibility index (Phi) is 5.21. The van der Waals surface area contributed by atoms with Crippen LogP contribution in [0, 0.1) is 0 Å². The van der Waals surface area contributed by atoms with Gasteiger partial charge in [-0.25, -0.2) is 17.3 Å². The van der Waals surface area contributed by atoms with Crippen molar-refractivity contribution in [2.24, 2.45) is 0 Å². The number of hydrogen-bond donors (Lipinski definition) is 1. The minimum Gasteiger partial charge on any atom is -0.242 e. The molecule has 124 valence electrons. The highest BCUT2D eigenvalue weighted by atomic mass is 32.2. The van der Waals surface area contributed by atoms with Gasteiger partial charge >= 0.3 is 0 Å². The molecule has 4 nitrogen and oxygen atoms in total. The Labute approximate surface area is 132 Å². The third-order valence-corrected chi connectivity index (χ3v) is 8.91. The molecule has 0 aromatic heterocycles. The van der Waals surface area contributed by atoms with Gasteiger partial charge in [0.05, 0.1) is 26.7 Å². The lowest BCUT2D eigenvalue weighted by atomic mass is 9.78. The van der Waals surface area contributed by atoms with Gasteiger partial charge in [0.1, 0.15) is 0 Å². The first-order chi connectivity index (χ1) is 9.67. The molecule has 0 aromatic rings. The molecule has 1 heterocycles. The van der Waals surface area contributed by atoms with Crippen molar-refractivity contribution in [3.8, 4) is 0 Å². The van der Waals surface area contributed by atoms with Gasteiger partial charge < -0.3 is 0 Å². The van der Waals surface area contributed by atoms with Crippen LogP contribution in [0.5, 0.6) is 0 Å². The summed E-state index contributed by atoms with van der Waals surface area (Å²) >= 11 is 0. The zero-order valence-electron chi connectivity index (χ0n) is 13.5. The molecule has 6 heteroatoms. The minimum absolute atomic E-state index is 0.295. The van der Waals surface area contributed by atoms with Crippen LogP contribution in [0.2, 0.25) is 0 Å². The molecular weight excluding hydrogens is 306 g/mol. The first-order valence-electron chi connectivity index (χ1n) is 8.09. The number of rotatable bonds is 3. The Balaban J connectivity index is 2.31. The van der Waals surface area contributed by atoms with Crippen molar-refractivity contribution in [2.45, 2.75) is 87.7 Å². The molecule has 1 N–H and O–H groups in total. The summed E-state index contributed by atoms with van der Waals surface area (Å²) in [6, 6.07) is 0. The predicted molar refractivity (Wildman–Crippen MR) is 88.3 cm³/mol. The summed E-state index contributed by atoms with van der Waals surface area (Å²) in [6.07, 6.45) is 7.33. The summed E-state index contributed by atoms with van der Waals surface area (Å²) in [4.78, 5) is 0. The Hall–Kier alpha value is 0.0600. The van der Waals surface area contributed by atoms with E-state index >= 15 is 0 Å². The van der Waals surface area contributed by atoms with Gasteiger partial charge in [-0.1, -0.05) is 25.7 Å². The van der Waals surface area contributed by atoms with Crippen LogP contribution in [-0.2, 0) is 20.8 Å². The van der Waals surface area contributed by atoms with Crippen LogP contribution < -0.4 is 4.72 Å². The molecule has 2 fully saturated rings. The van der Waals surface area contributed by atoms with Crippen LogP contribution in [0.25, 0.3) is 0 Å². The normalized spacial score (nSPS) is 30.7. The third-order valence-electron chi connectivity index (χ3n) is 4.79. The maximum atomic E-state index is 12.6. The van der Waals surface area contributed by atoms with Crippen molar-refractivity contribution in [3.63, 3.8) is 0 Å². The van der Waals surface area contributed by atoms with Crippen molar-refractivity contribution >= 4 is 20.8 Å². The second-order valence-corrected chi connectivity index (χ2v) is 11.8. The summed E-state index contributed by atoms with van der Waals surface area (Å²) in [7, 11) is -4.29. The number of hydrogen-bond acceptors (Lipinski definition) is 3. The fourth-order valence-electron chi connectivity index (χ4n) is 3.58. The molecule has 0 radical (unpaired) electrons. The average molecular weight is 336 g/mol. The monoisotopic (exact) mass is 335 g/mol. The van der Waals surface area contributed by atoms with Gasteiger partial charge in [0.25, 0.3) is 0 Å². The minimum atomic E-state index is -3.07. The van der Waals surface area contributed by atoms with E-state index in [0.717, 1.165) is 51.4 Å². The molecular formula is C15H29NO3S2. The Morgan fingerprint density at radius 1 is 1.05 bits per heavy atom. The Bertz CT molecular complexity index is 488. The highest BCUT2D eigenvalue weighted by Gasteiger charge is 2.48. The molecule has 0 spiro atoms. The van der Waals surface area contributed by atoms with Crippen molar-refractivity contribution in [1.29, 1.82) is 0 Å². The van der Waals surface area contributed by atoms with Crippen LogP contribution >= 0.6 is 0 Å². The molecule has 0 amide bonds. The van der Waals surface area contributed by atoms with Gasteiger partial charge in [-0.3, -0.25) is 0 Å². The first-order valence-corrected chi connectivity index (χ1v) is 11.0. The van der Waals surface area contributed by atoms with Crippen molar-refractivity contribution < 1.29 is 12.6 Å². The summed E-state index contributed by atoms with van der Waals surface area (Å²) < 4.78 is 40.7. The highest BCUT2D eigenvalue weighted by Crippen LogP contribution is 2.39. The highest BCUT2D eigenvalue weighted by molar-refractivity contribution is 7.92. The van der Waals surface area contributed by atoms with E-state index in [1.807, 2.05) is 20.8 Å². The maximum absolute atomic E-state index is 12.6. The zero-order chi connectivity index (χ0) is 15.7. The summed E-state index contributed by atoms with van der Waals surface area (Å²) in [6.45, 7) is 5.80. The van der Waals surface area contributed by atoms with Gasteiger partial charge in [-0.15, -0.1) is 0 Å². The molecule has 2 aliphatic rings. The van der Waals surface area contributed by atoms with E-state index in [1.54, 1.807) is 0 Å². The molecule has 0 aromatic carbocycles. The lowest BCUT2D eigenvalue weighted by Gasteiger charge is -2.45. The average Bonchev–Trinajstić information content (AvgIpc) is 2.38. The molecule has 2 rings (SSSR count). The summed E-state index contributed by atoms with van der Waals surface area (Å²) in [5.41, 5.74) is -0.477. The van der Waals surface area contributed by atoms with Crippen molar-refractivity contribution in [1.82, 2.24) is 4.72 Å². The lowest BCUT2D eigenvalue weighted by molar-refractivity contribution is 0.245. The molecule has 0 bridgehead atoms. The standard InChI is InChI=1S/C15H29NO3S2/c1-14(2,3)20(17)16-15(10-6-4-7-11-15)13-9-5-8-12-21(13,18)19/h13,16H,4-12H2,1-3H3/t13-,20-/m0/s1. The van der Waals surface area contributed by atoms with Gasteiger partial charge in [-0.2, -0.15) is 0 Å². The number of sulfone groups is 1. The SMILES string of the molecule is CC(C)(C)[S@](=O)NC1([C@@H]2CCCCS2(=O)=O)CCCCC1. The fourth-order valence-corrected chi connectivity index (χ4v) is 7.08. The van der Waals surface area contributed by atoms with Crippen molar-refractivity contribution in [3.05, 3.63) is 0 Å². The molecule has 1 aliphatic carbocycles. The molecule has 0 unspecified atom stereocenters. The van der Waals surface area contributed by atoms with Crippen molar-refractivity contribution in [2.75, 3.05) is 5.75 Å². The van der Waals surface area contributed by atoms with Gasteiger partial charge in [0.15, 0.2) is 9.84 Å². The molecule has 1 saturated carbocycles. The zero-order valence-corrected chi connectivity index (χ0v) is 15.1. The van der Waals surface area contributed by atoms with E-state index in [0.29, 0.717) is 5.75 Å². The molecule has 21 heavy (non-hydrogen) atoms. The summed E-state index contributed by atoms with van der Waals surface area (Å²) in [5, 5.41) is -0.356. The van der Waals surface area contributed by atoms with Crippen LogP contribution in [-0.4, -0.2) is 33.9 Å². The van der Waals surface area contributed by atoms with Crippen LogP contribution in [0.3, 0.4) is 0 Å². The Morgan fingerprint density at radius 2 is 1.67 bits per heavy atom. The van der Waals surface area contributed by atoms with E-state index in [2.05, 4.69) is 4.72 Å². The summed E-state index contributed by atoms with van der Waals surface area (Å²) in [5.74, 6) is 0.295. The van der Waals surface area contributed by atoms with E-state index in [9.17, 15) is 12.6 Å². The van der Waals surface area contributed by atoms with Crippen LogP contribution in [0.1, 0.15) is 72.1 Å². The van der Waals surface area contributed by atoms with E-state index in [1.165, 1.54) is 0 Å². The molecule has 2 atom stereocenters. The lowest BCUT2D eigenvalue weighted by Crippen LogP contribution is -2.61. The van der Waals surface area contributed by atoms with Crippen LogP contribution in [0.15, 0.2) is 0 Å². The smallest absolute Gasteiger partial charge is 0.155 e. The second kappa shape index (κ2) is 6.28. The fraction of sp³-hybridized carbons (Fsp3) is 1.00. The van der Waals surface area contributed by atoms with E-state index in [4.69, 9.17) is 0 Å². The quantitative estimate of drug-likeness (QED) is 0.862. The maximum Gasteiger partial charge on any atom is 0.155 e. The van der Waals surface area contributed by atoms with Crippen LogP contribution in [0.4, 0.5) is 0 Å². The largest absolute Gasteiger partial charge is 0.242 e. The second-order valence-electron chi connectivity index (χ2n) is 7.55. The van der Waals surface area contributed by atoms with Gasteiger partial charge in [-0.05, 0) is 46.5 Å². The third kappa shape index (κ3) is 3.88. The van der Waals surface area contributed by atoms with E-state index < -0.39 is 26.4 Å². The van der Waals surface area contributed by atoms with Gasteiger partial charge in [0.2, 0.25) is 0 Å². The topological polar surface area (TPSA) is 63.2 Å². The molecule has 1 saturated heterocycles. The molecule has 1 aliphatic heterocycles. The van der Waals surface area contributed by atoms with E-state index in [-0.39, 0.29) is 10.00 Å². The first kappa shape index (κ1) is 17.4.